The second kappa shape index (κ2) is 6.63. The average Bonchev–Trinajstić information content (AvgIpc) is 2.91. The van der Waals surface area contributed by atoms with Crippen molar-refractivity contribution in [2.75, 3.05) is 31.6 Å². The van der Waals surface area contributed by atoms with E-state index in [2.05, 4.69) is 44.5 Å². The molecule has 1 saturated heterocycles. The van der Waals surface area contributed by atoms with Gasteiger partial charge in [-0.3, -0.25) is 0 Å². The molecular weight excluding hydrogens is 280 g/mol. The maximum Gasteiger partial charge on any atom is 0.185 e. The van der Waals surface area contributed by atoms with Crippen molar-refractivity contribution in [2.24, 2.45) is 5.73 Å². The van der Waals surface area contributed by atoms with Crippen LogP contribution in [-0.4, -0.2) is 42.6 Å². The van der Waals surface area contributed by atoms with Crippen molar-refractivity contribution >= 4 is 16.5 Å². The van der Waals surface area contributed by atoms with Crippen LogP contribution in [-0.2, 0) is 12.0 Å². The fourth-order valence-corrected chi connectivity index (χ4v) is 4.18. The van der Waals surface area contributed by atoms with Gasteiger partial charge in [0.15, 0.2) is 5.13 Å². The lowest BCUT2D eigenvalue weighted by Gasteiger charge is -2.36. The number of piperidine rings is 1. The first-order valence-corrected chi connectivity index (χ1v) is 8.84. The summed E-state index contributed by atoms with van der Waals surface area (Å²) >= 11 is 1.77. The molecule has 0 aliphatic carbocycles. The quantitative estimate of drug-likeness (QED) is 0.929. The summed E-state index contributed by atoms with van der Waals surface area (Å²) in [6, 6.07) is 0.609. The van der Waals surface area contributed by atoms with E-state index in [1.165, 1.54) is 43.0 Å². The Balaban J connectivity index is 2.13. The summed E-state index contributed by atoms with van der Waals surface area (Å²) in [4.78, 5) is 11.1. The summed E-state index contributed by atoms with van der Waals surface area (Å²) in [5.74, 6) is 0. The molecule has 120 valence electrons. The minimum atomic E-state index is 0.0653. The van der Waals surface area contributed by atoms with Gasteiger partial charge in [0, 0.05) is 43.0 Å². The van der Waals surface area contributed by atoms with Gasteiger partial charge in [0.2, 0.25) is 0 Å². The van der Waals surface area contributed by atoms with E-state index in [1.54, 1.807) is 11.3 Å². The van der Waals surface area contributed by atoms with E-state index in [0.29, 0.717) is 12.6 Å². The van der Waals surface area contributed by atoms with Crippen LogP contribution in [0.3, 0.4) is 0 Å². The summed E-state index contributed by atoms with van der Waals surface area (Å²) < 4.78 is 0. The van der Waals surface area contributed by atoms with Crippen LogP contribution in [0.2, 0.25) is 0 Å². The van der Waals surface area contributed by atoms with Crippen molar-refractivity contribution < 1.29 is 0 Å². The maximum atomic E-state index is 5.92. The lowest BCUT2D eigenvalue weighted by molar-refractivity contribution is 0.221. The highest BCUT2D eigenvalue weighted by Crippen LogP contribution is 2.34. The van der Waals surface area contributed by atoms with Crippen LogP contribution < -0.4 is 10.6 Å². The van der Waals surface area contributed by atoms with E-state index in [0.717, 1.165) is 5.13 Å². The Labute approximate surface area is 133 Å². The lowest BCUT2D eigenvalue weighted by Crippen LogP contribution is -2.43. The molecule has 0 unspecified atom stereocenters. The van der Waals surface area contributed by atoms with Crippen LogP contribution in [0, 0.1) is 0 Å². The van der Waals surface area contributed by atoms with Crippen molar-refractivity contribution in [3.8, 4) is 0 Å². The molecule has 0 bridgehead atoms. The zero-order valence-electron chi connectivity index (χ0n) is 14.1. The SMILES string of the molecule is CCN1CCC(N(C)c2nc(C(C)(C)C)c(CN)s2)CC1. The molecule has 0 spiro atoms. The second-order valence-electron chi connectivity index (χ2n) is 7.00. The van der Waals surface area contributed by atoms with Gasteiger partial charge < -0.3 is 15.5 Å². The summed E-state index contributed by atoms with van der Waals surface area (Å²) in [5.41, 5.74) is 7.16. The fraction of sp³-hybridized carbons (Fsp3) is 0.812. The number of nitrogens with two attached hydrogens (primary N) is 1. The molecule has 1 aromatic heterocycles. The normalized spacial score (nSPS) is 18.2. The molecule has 0 saturated carbocycles. The zero-order chi connectivity index (χ0) is 15.6. The minimum Gasteiger partial charge on any atom is -0.348 e. The molecule has 2 heterocycles. The molecule has 1 aliphatic rings. The lowest BCUT2D eigenvalue weighted by atomic mass is 9.91. The van der Waals surface area contributed by atoms with E-state index in [9.17, 15) is 0 Å². The van der Waals surface area contributed by atoms with Gasteiger partial charge in [-0.05, 0) is 19.4 Å². The third-order valence-corrected chi connectivity index (χ3v) is 5.60. The summed E-state index contributed by atoms with van der Waals surface area (Å²) in [5, 5.41) is 1.13. The number of anilines is 1. The Hall–Kier alpha value is -0.650. The standard InChI is InChI=1S/C16H30N4S/c1-6-20-9-7-12(8-10-20)19(5)15-18-14(16(2,3)4)13(11-17)21-15/h12H,6-11,17H2,1-5H3. The Morgan fingerprint density at radius 2 is 1.95 bits per heavy atom. The Morgan fingerprint density at radius 1 is 1.33 bits per heavy atom. The molecule has 0 amide bonds. The number of rotatable bonds is 4. The van der Waals surface area contributed by atoms with Gasteiger partial charge in [-0.25, -0.2) is 4.98 Å². The van der Waals surface area contributed by atoms with Gasteiger partial charge in [0.25, 0.3) is 0 Å². The van der Waals surface area contributed by atoms with Gasteiger partial charge in [-0.2, -0.15) is 0 Å². The topological polar surface area (TPSA) is 45.4 Å². The van der Waals surface area contributed by atoms with Crippen LogP contribution in [0.1, 0.15) is 51.1 Å². The van der Waals surface area contributed by atoms with Gasteiger partial charge in [-0.15, -0.1) is 11.3 Å². The van der Waals surface area contributed by atoms with Crippen LogP contribution in [0.5, 0.6) is 0 Å². The molecule has 1 aromatic rings. The molecular formula is C16H30N4S. The molecule has 21 heavy (non-hydrogen) atoms. The Kier molecular flexibility index (Phi) is 5.28. The number of likely N-dealkylation sites (tertiary alicyclic amines) is 1. The highest BCUT2D eigenvalue weighted by molar-refractivity contribution is 7.15. The highest BCUT2D eigenvalue weighted by atomic mass is 32.1. The van der Waals surface area contributed by atoms with Crippen molar-refractivity contribution in [3.05, 3.63) is 10.6 Å². The molecule has 0 aromatic carbocycles. The summed E-state index contributed by atoms with van der Waals surface area (Å²) in [6.45, 7) is 13.0. The number of thiazole rings is 1. The molecule has 0 atom stereocenters. The van der Waals surface area contributed by atoms with E-state index in [4.69, 9.17) is 10.7 Å². The maximum absolute atomic E-state index is 5.92. The average molecular weight is 311 g/mol. The van der Waals surface area contributed by atoms with Crippen LogP contribution >= 0.6 is 11.3 Å². The van der Waals surface area contributed by atoms with Gasteiger partial charge in [-0.1, -0.05) is 27.7 Å². The first kappa shape index (κ1) is 16.7. The molecule has 4 nitrogen and oxygen atoms in total. The van der Waals surface area contributed by atoms with E-state index in [-0.39, 0.29) is 5.41 Å². The predicted octanol–water partition coefficient (Wildman–Crippen LogP) is 2.82. The first-order valence-electron chi connectivity index (χ1n) is 8.02. The van der Waals surface area contributed by atoms with Crippen molar-refractivity contribution in [1.29, 1.82) is 0 Å². The number of hydrogen-bond donors (Lipinski definition) is 1. The molecule has 1 fully saturated rings. The van der Waals surface area contributed by atoms with Gasteiger partial charge in [0.05, 0.1) is 5.69 Å². The largest absolute Gasteiger partial charge is 0.348 e. The van der Waals surface area contributed by atoms with Gasteiger partial charge >= 0.3 is 0 Å². The van der Waals surface area contributed by atoms with E-state index >= 15 is 0 Å². The molecule has 1 aliphatic heterocycles. The fourth-order valence-electron chi connectivity index (χ4n) is 2.99. The molecule has 2 N–H and O–H groups in total. The van der Waals surface area contributed by atoms with E-state index in [1.807, 2.05) is 0 Å². The van der Waals surface area contributed by atoms with E-state index < -0.39 is 0 Å². The Bertz CT molecular complexity index is 455. The third-order valence-electron chi connectivity index (χ3n) is 4.44. The zero-order valence-corrected chi connectivity index (χ0v) is 15.0. The third kappa shape index (κ3) is 3.76. The monoisotopic (exact) mass is 310 g/mol. The molecule has 0 radical (unpaired) electrons. The predicted molar refractivity (Wildman–Crippen MR) is 92.2 cm³/mol. The van der Waals surface area contributed by atoms with Crippen molar-refractivity contribution in [3.63, 3.8) is 0 Å². The summed E-state index contributed by atoms with van der Waals surface area (Å²) in [7, 11) is 2.19. The van der Waals surface area contributed by atoms with Crippen LogP contribution in [0.25, 0.3) is 0 Å². The number of nitrogens with zero attached hydrogens (tertiary/aromatic N) is 3. The molecule has 5 heteroatoms. The highest BCUT2D eigenvalue weighted by Gasteiger charge is 2.27. The first-order chi connectivity index (χ1) is 9.86. The number of aromatic nitrogens is 1. The van der Waals surface area contributed by atoms with Gasteiger partial charge in [0.1, 0.15) is 0 Å². The molecule has 2 rings (SSSR count). The van der Waals surface area contributed by atoms with Crippen molar-refractivity contribution in [1.82, 2.24) is 9.88 Å². The number of hydrogen-bond acceptors (Lipinski definition) is 5. The minimum absolute atomic E-state index is 0.0653. The Morgan fingerprint density at radius 3 is 2.38 bits per heavy atom. The van der Waals surface area contributed by atoms with Crippen LogP contribution in [0.4, 0.5) is 5.13 Å². The van der Waals surface area contributed by atoms with Crippen LogP contribution in [0.15, 0.2) is 0 Å². The smallest absolute Gasteiger partial charge is 0.185 e. The van der Waals surface area contributed by atoms with Crippen molar-refractivity contribution in [2.45, 2.75) is 58.5 Å². The summed E-state index contributed by atoms with van der Waals surface area (Å²) in [6.07, 6.45) is 2.46. The second-order valence-corrected chi connectivity index (χ2v) is 8.06.